The molecule has 0 saturated carbocycles. The van der Waals surface area contributed by atoms with E-state index in [1.165, 1.54) is 48.1 Å². The first-order valence-corrected chi connectivity index (χ1v) is 13.5. The summed E-state index contributed by atoms with van der Waals surface area (Å²) in [6.07, 6.45) is 6.51. The summed E-state index contributed by atoms with van der Waals surface area (Å²) >= 11 is 3.57. The Labute approximate surface area is 218 Å². The first-order valence-electron chi connectivity index (χ1n) is 12.7. The van der Waals surface area contributed by atoms with Gasteiger partial charge in [-0.2, -0.15) is 0 Å². The van der Waals surface area contributed by atoms with E-state index in [1.807, 2.05) is 6.07 Å². The lowest BCUT2D eigenvalue weighted by atomic mass is 9.87. The van der Waals surface area contributed by atoms with Gasteiger partial charge in [-0.3, -0.25) is 0 Å². The second kappa shape index (κ2) is 13.1. The van der Waals surface area contributed by atoms with E-state index >= 15 is 0 Å². The fraction of sp³-hybridized carbons (Fsp3) is 0.355. The maximum Gasteiger partial charge on any atom is 0.119 e. The number of aliphatic hydroxyl groups is 1. The van der Waals surface area contributed by atoms with Gasteiger partial charge in [-0.15, -0.1) is 0 Å². The lowest BCUT2D eigenvalue weighted by Gasteiger charge is -2.32. The topological polar surface area (TPSA) is 32.7 Å². The van der Waals surface area contributed by atoms with Gasteiger partial charge in [0, 0.05) is 17.1 Å². The van der Waals surface area contributed by atoms with Crippen molar-refractivity contribution in [3.05, 3.63) is 100 Å². The molecular weight excluding hydrogens is 498 g/mol. The van der Waals surface area contributed by atoms with Gasteiger partial charge in [0.15, 0.2) is 0 Å². The van der Waals surface area contributed by atoms with Crippen LogP contribution in [0.25, 0.3) is 11.1 Å². The van der Waals surface area contributed by atoms with E-state index in [0.29, 0.717) is 6.04 Å². The van der Waals surface area contributed by atoms with Crippen LogP contribution in [0.5, 0.6) is 5.75 Å². The molecule has 0 radical (unpaired) electrons. The molecule has 1 aliphatic heterocycles. The smallest absolute Gasteiger partial charge is 0.119 e. The minimum atomic E-state index is 0.174. The summed E-state index contributed by atoms with van der Waals surface area (Å²) in [6.45, 7) is 2.12. The molecule has 0 bridgehead atoms. The molecule has 3 nitrogen and oxygen atoms in total. The predicted molar refractivity (Wildman–Crippen MR) is 150 cm³/mol. The van der Waals surface area contributed by atoms with Gasteiger partial charge in [0.1, 0.15) is 5.75 Å². The van der Waals surface area contributed by atoms with E-state index in [1.54, 1.807) is 0 Å². The fourth-order valence-electron chi connectivity index (χ4n) is 4.98. The quantitative estimate of drug-likeness (QED) is 0.275. The number of benzene rings is 3. The van der Waals surface area contributed by atoms with Crippen LogP contribution < -0.4 is 4.74 Å². The molecule has 3 aromatic carbocycles. The second-order valence-corrected chi connectivity index (χ2v) is 10.3. The van der Waals surface area contributed by atoms with E-state index in [9.17, 15) is 5.11 Å². The van der Waals surface area contributed by atoms with E-state index in [2.05, 4.69) is 101 Å². The number of hydrogen-bond acceptors (Lipinski definition) is 3. The van der Waals surface area contributed by atoms with Crippen molar-refractivity contribution < 1.29 is 9.84 Å². The Hall–Kier alpha value is -2.40. The number of ether oxygens (including phenoxy) is 1. The minimum absolute atomic E-state index is 0.174. The highest BCUT2D eigenvalue weighted by molar-refractivity contribution is 9.10. The van der Waals surface area contributed by atoms with Gasteiger partial charge in [0.25, 0.3) is 0 Å². The third kappa shape index (κ3) is 7.07. The standard InChI is InChI=1S/C31H36BrNO2/c1-33-21-6-5-10-28(33)20-23-35-29-18-14-26(15-19-29)31(25-12-16-27(32)17-13-25)30(11-7-22-34)24-8-3-2-4-9-24/h2-4,8-9,12-19,28,34H,5-7,10-11,20-23H2,1H3/b31-30-. The van der Waals surface area contributed by atoms with Crippen LogP contribution >= 0.6 is 15.9 Å². The highest BCUT2D eigenvalue weighted by Gasteiger charge is 2.19. The molecule has 0 spiro atoms. The molecule has 1 atom stereocenters. The zero-order valence-electron chi connectivity index (χ0n) is 20.6. The number of rotatable bonds is 10. The van der Waals surface area contributed by atoms with Crippen LogP contribution in [0.4, 0.5) is 0 Å². The molecule has 1 fully saturated rings. The van der Waals surface area contributed by atoms with Crippen LogP contribution in [0.1, 0.15) is 55.2 Å². The Bertz CT molecular complexity index is 1080. The van der Waals surface area contributed by atoms with E-state index in [0.717, 1.165) is 41.7 Å². The number of hydrogen-bond donors (Lipinski definition) is 1. The number of nitrogens with zero attached hydrogens (tertiary/aromatic N) is 1. The molecule has 1 heterocycles. The molecule has 0 amide bonds. The van der Waals surface area contributed by atoms with Crippen molar-refractivity contribution >= 4 is 27.1 Å². The van der Waals surface area contributed by atoms with Gasteiger partial charge >= 0.3 is 0 Å². The first kappa shape index (κ1) is 25.7. The van der Waals surface area contributed by atoms with Crippen LogP contribution in [0, 0.1) is 0 Å². The van der Waals surface area contributed by atoms with Gasteiger partial charge in [-0.05, 0) is 97.8 Å². The maximum absolute atomic E-state index is 9.60. The summed E-state index contributed by atoms with van der Waals surface area (Å²) in [6, 6.07) is 28.2. The average molecular weight is 535 g/mol. The van der Waals surface area contributed by atoms with Gasteiger partial charge in [-0.25, -0.2) is 0 Å². The van der Waals surface area contributed by atoms with Crippen molar-refractivity contribution in [3.8, 4) is 5.75 Å². The minimum Gasteiger partial charge on any atom is -0.494 e. The number of allylic oxidation sites excluding steroid dienone is 1. The summed E-state index contributed by atoms with van der Waals surface area (Å²) in [7, 11) is 2.23. The number of aliphatic hydroxyl groups excluding tert-OH is 1. The van der Waals surface area contributed by atoms with Gasteiger partial charge in [0.05, 0.1) is 6.61 Å². The zero-order chi connectivity index (χ0) is 24.5. The highest BCUT2D eigenvalue weighted by Crippen LogP contribution is 2.36. The molecule has 35 heavy (non-hydrogen) atoms. The van der Waals surface area contributed by atoms with Crippen LogP contribution in [-0.4, -0.2) is 42.9 Å². The summed E-state index contributed by atoms with van der Waals surface area (Å²) < 4.78 is 7.20. The normalized spacial score (nSPS) is 17.2. The Balaban J connectivity index is 1.61. The molecule has 4 rings (SSSR count). The van der Waals surface area contributed by atoms with Crippen LogP contribution in [0.3, 0.4) is 0 Å². The molecule has 3 aromatic rings. The lowest BCUT2D eigenvalue weighted by molar-refractivity contribution is 0.153. The molecule has 1 saturated heterocycles. The monoisotopic (exact) mass is 533 g/mol. The van der Waals surface area contributed by atoms with Crippen molar-refractivity contribution in [2.24, 2.45) is 0 Å². The fourth-order valence-corrected chi connectivity index (χ4v) is 5.24. The largest absolute Gasteiger partial charge is 0.494 e. The third-order valence-electron chi connectivity index (χ3n) is 6.93. The summed E-state index contributed by atoms with van der Waals surface area (Å²) in [4.78, 5) is 2.47. The molecular formula is C31H36BrNO2. The Morgan fingerprint density at radius 1 is 0.914 bits per heavy atom. The zero-order valence-corrected chi connectivity index (χ0v) is 22.2. The Kier molecular flexibility index (Phi) is 9.58. The number of halogens is 1. The van der Waals surface area contributed by atoms with Gasteiger partial charge in [-0.1, -0.05) is 76.9 Å². The van der Waals surface area contributed by atoms with Crippen molar-refractivity contribution in [3.63, 3.8) is 0 Å². The summed E-state index contributed by atoms with van der Waals surface area (Å²) in [5, 5.41) is 9.60. The van der Waals surface area contributed by atoms with Crippen LogP contribution in [0.15, 0.2) is 83.3 Å². The van der Waals surface area contributed by atoms with Crippen LogP contribution in [-0.2, 0) is 0 Å². The molecule has 0 aromatic heterocycles. The molecule has 0 aliphatic carbocycles. The number of piperidine rings is 1. The van der Waals surface area contributed by atoms with E-state index in [4.69, 9.17) is 4.74 Å². The number of likely N-dealkylation sites (tertiary alicyclic amines) is 1. The Morgan fingerprint density at radius 3 is 2.26 bits per heavy atom. The predicted octanol–water partition coefficient (Wildman–Crippen LogP) is 7.43. The second-order valence-electron chi connectivity index (χ2n) is 9.35. The Morgan fingerprint density at radius 2 is 1.60 bits per heavy atom. The van der Waals surface area contributed by atoms with Gasteiger partial charge < -0.3 is 14.7 Å². The van der Waals surface area contributed by atoms with Crippen molar-refractivity contribution in [1.82, 2.24) is 4.90 Å². The van der Waals surface area contributed by atoms with E-state index in [-0.39, 0.29) is 6.61 Å². The van der Waals surface area contributed by atoms with Crippen molar-refractivity contribution in [2.45, 2.75) is 44.6 Å². The van der Waals surface area contributed by atoms with E-state index < -0.39 is 0 Å². The molecule has 1 N–H and O–H groups in total. The SMILES string of the molecule is CN1CCCCC1CCOc1ccc(/C(=C(/CCCO)c2ccccc2)c2ccc(Br)cc2)cc1. The third-order valence-corrected chi connectivity index (χ3v) is 7.45. The van der Waals surface area contributed by atoms with Gasteiger partial charge in [0.2, 0.25) is 0 Å². The average Bonchev–Trinajstić information content (AvgIpc) is 2.89. The highest BCUT2D eigenvalue weighted by atomic mass is 79.9. The summed E-state index contributed by atoms with van der Waals surface area (Å²) in [5.41, 5.74) is 5.96. The molecule has 4 heteroatoms. The lowest BCUT2D eigenvalue weighted by Crippen LogP contribution is -2.37. The summed E-state index contributed by atoms with van der Waals surface area (Å²) in [5.74, 6) is 0.916. The van der Waals surface area contributed by atoms with Crippen LogP contribution in [0.2, 0.25) is 0 Å². The molecule has 1 unspecified atom stereocenters. The first-order chi connectivity index (χ1) is 17.2. The molecule has 184 valence electrons. The van der Waals surface area contributed by atoms with Crippen molar-refractivity contribution in [1.29, 1.82) is 0 Å². The molecule has 1 aliphatic rings. The maximum atomic E-state index is 9.60. The van der Waals surface area contributed by atoms with Crippen molar-refractivity contribution in [2.75, 3.05) is 26.8 Å².